The van der Waals surface area contributed by atoms with Gasteiger partial charge in [0, 0.05) is 35.5 Å². The van der Waals surface area contributed by atoms with Gasteiger partial charge in [-0.25, -0.2) is 13.8 Å². The second-order valence-corrected chi connectivity index (χ2v) is 8.59. The zero-order valence-corrected chi connectivity index (χ0v) is 19.9. The van der Waals surface area contributed by atoms with Crippen LogP contribution < -0.4 is 4.90 Å². The van der Waals surface area contributed by atoms with Crippen LogP contribution in [0.4, 0.5) is 14.6 Å². The summed E-state index contributed by atoms with van der Waals surface area (Å²) in [6, 6.07) is 1.83. The summed E-state index contributed by atoms with van der Waals surface area (Å²) in [6.45, 7) is 7.94. The molecule has 0 bridgehead atoms. The van der Waals surface area contributed by atoms with E-state index in [1.807, 2.05) is 17.0 Å². The highest BCUT2D eigenvalue weighted by atomic mass is 35.5. The number of aliphatic hydroxyl groups is 1. The largest absolute Gasteiger partial charge is 0.394 e. The van der Waals surface area contributed by atoms with Gasteiger partial charge in [-0.3, -0.25) is 4.99 Å². The van der Waals surface area contributed by atoms with Crippen molar-refractivity contribution in [3.05, 3.63) is 64.1 Å². The second-order valence-electron chi connectivity index (χ2n) is 8.16. The lowest BCUT2D eigenvalue weighted by Gasteiger charge is -2.42. The van der Waals surface area contributed by atoms with Crippen molar-refractivity contribution in [1.29, 1.82) is 5.26 Å². The Hall–Kier alpha value is -3.39. The Balaban J connectivity index is 1.89. The van der Waals surface area contributed by atoms with E-state index in [1.165, 1.54) is 10.7 Å². The maximum Gasteiger partial charge on any atom is 0.283 e. The lowest BCUT2D eigenvalue weighted by molar-refractivity contribution is -0.0406. The van der Waals surface area contributed by atoms with E-state index in [4.69, 9.17) is 16.3 Å². The summed E-state index contributed by atoms with van der Waals surface area (Å²) in [5, 5.41) is 23.4. The fourth-order valence-corrected chi connectivity index (χ4v) is 4.14. The summed E-state index contributed by atoms with van der Waals surface area (Å²) in [6.07, 6.45) is 5.01. The maximum absolute atomic E-state index is 13.7. The van der Waals surface area contributed by atoms with Gasteiger partial charge in [-0.15, -0.1) is 0 Å². The van der Waals surface area contributed by atoms with Crippen LogP contribution in [0.15, 0.2) is 46.6 Å². The summed E-state index contributed by atoms with van der Waals surface area (Å²) in [4.78, 5) is 10.7. The molecule has 1 aliphatic heterocycles. The third-order valence-corrected chi connectivity index (χ3v) is 5.90. The molecule has 2 aromatic heterocycles. The van der Waals surface area contributed by atoms with Crippen LogP contribution in [0.25, 0.3) is 11.7 Å². The van der Waals surface area contributed by atoms with Crippen molar-refractivity contribution in [2.45, 2.75) is 32.5 Å². The lowest BCUT2D eigenvalue weighted by Crippen LogP contribution is -2.54. The molecule has 0 saturated carbocycles. The fraction of sp³-hybridized carbons (Fsp3) is 0.333. The zero-order valence-electron chi connectivity index (χ0n) is 19.1. The van der Waals surface area contributed by atoms with E-state index in [0.717, 1.165) is 0 Å². The molecule has 1 N–H and O–H groups in total. The first kappa shape index (κ1) is 24.7. The highest BCUT2D eigenvalue weighted by Gasteiger charge is 2.34. The van der Waals surface area contributed by atoms with Crippen molar-refractivity contribution in [1.82, 2.24) is 14.6 Å². The first-order valence-electron chi connectivity index (χ1n) is 10.9. The summed E-state index contributed by atoms with van der Waals surface area (Å²) < 4.78 is 34.5. The quantitative estimate of drug-likeness (QED) is 0.614. The molecule has 0 aromatic carbocycles. The Morgan fingerprint density at radius 1 is 1.43 bits per heavy atom. The molecule has 0 radical (unpaired) electrons. The van der Waals surface area contributed by atoms with Gasteiger partial charge in [0.15, 0.2) is 5.65 Å². The molecule has 0 amide bonds. The summed E-state index contributed by atoms with van der Waals surface area (Å²) in [5.74, 6) is 0.506. The van der Waals surface area contributed by atoms with E-state index < -0.39 is 12.1 Å². The van der Waals surface area contributed by atoms with Crippen molar-refractivity contribution >= 4 is 34.9 Å². The predicted molar refractivity (Wildman–Crippen MR) is 130 cm³/mol. The van der Waals surface area contributed by atoms with Crippen molar-refractivity contribution in [2.24, 2.45) is 4.99 Å². The Kier molecular flexibility index (Phi) is 7.12. The van der Waals surface area contributed by atoms with Crippen LogP contribution in [0, 0.1) is 18.3 Å². The van der Waals surface area contributed by atoms with E-state index in [9.17, 15) is 19.1 Å². The van der Waals surface area contributed by atoms with Crippen LogP contribution in [-0.2, 0) is 4.74 Å². The van der Waals surface area contributed by atoms with Gasteiger partial charge in [-0.2, -0.15) is 14.9 Å². The number of halogens is 3. The van der Waals surface area contributed by atoms with Crippen molar-refractivity contribution in [3.63, 3.8) is 0 Å². The summed E-state index contributed by atoms with van der Waals surface area (Å²) >= 11 is 6.14. The topological polar surface area (TPSA) is 99.0 Å². The maximum atomic E-state index is 13.7. The molecular formula is C24H23ClF2N6O2. The van der Waals surface area contributed by atoms with Crippen molar-refractivity contribution < 1.29 is 18.6 Å². The molecule has 2 aliphatic rings. The Morgan fingerprint density at radius 3 is 2.80 bits per heavy atom. The second kappa shape index (κ2) is 10.1. The highest BCUT2D eigenvalue weighted by Crippen LogP contribution is 2.35. The number of hydrogen-bond donors (Lipinski definition) is 1. The van der Waals surface area contributed by atoms with E-state index in [0.29, 0.717) is 46.5 Å². The van der Waals surface area contributed by atoms with Gasteiger partial charge in [0.25, 0.3) is 6.43 Å². The lowest BCUT2D eigenvalue weighted by atomic mass is 10.0. The molecule has 182 valence electrons. The Morgan fingerprint density at radius 2 is 2.17 bits per heavy atom. The number of hydrogen-bond acceptors (Lipinski definition) is 7. The molecule has 0 spiro atoms. The molecule has 35 heavy (non-hydrogen) atoms. The number of aromatic nitrogens is 3. The first-order chi connectivity index (χ1) is 16.8. The van der Waals surface area contributed by atoms with Gasteiger partial charge in [-0.1, -0.05) is 24.3 Å². The smallest absolute Gasteiger partial charge is 0.283 e. The number of allylic oxidation sites excluding steroid dienone is 5. The van der Waals surface area contributed by atoms with Gasteiger partial charge in [0.05, 0.1) is 30.2 Å². The van der Waals surface area contributed by atoms with Gasteiger partial charge in [-0.05, 0) is 32.1 Å². The minimum absolute atomic E-state index is 0.0626. The third-order valence-electron chi connectivity index (χ3n) is 5.66. The molecule has 3 heterocycles. The number of nitrogens with zero attached hydrogens (tertiary/aromatic N) is 6. The molecule has 4 rings (SSSR count). The molecule has 2 aromatic rings. The minimum Gasteiger partial charge on any atom is -0.394 e. The van der Waals surface area contributed by atoms with Crippen LogP contribution in [-0.4, -0.2) is 57.3 Å². The minimum atomic E-state index is -2.93. The average Bonchev–Trinajstić information content (AvgIpc) is 3.16. The Bertz CT molecular complexity index is 1330. The van der Waals surface area contributed by atoms with Crippen LogP contribution in [0.1, 0.15) is 35.9 Å². The average molecular weight is 501 g/mol. The standard InChI is InChI=1S/C24H23ClF2N6O2/c1-4-29-20-8-16(25)6-5-15(20)7-18-14(3)30-23-19(9-28)21(22(26)27)31-33(23)24(18)32-10-17(11-32)35-13(2)12-34/h4-8,13,17,22,34H,1,10-12H2,2-3H3/b15-7+,29-20?. The van der Waals surface area contributed by atoms with Gasteiger partial charge in [0.1, 0.15) is 23.1 Å². The number of anilines is 1. The van der Waals surface area contributed by atoms with E-state index >= 15 is 0 Å². The first-order valence-corrected chi connectivity index (χ1v) is 11.2. The highest BCUT2D eigenvalue weighted by molar-refractivity contribution is 6.35. The van der Waals surface area contributed by atoms with Crippen molar-refractivity contribution in [2.75, 3.05) is 24.6 Å². The van der Waals surface area contributed by atoms with Crippen LogP contribution in [0.5, 0.6) is 0 Å². The number of ether oxygens (including phenoxy) is 1. The van der Waals surface area contributed by atoms with Gasteiger partial charge < -0.3 is 14.7 Å². The number of aryl methyl sites for hydroxylation is 1. The molecule has 1 fully saturated rings. The molecule has 1 saturated heterocycles. The monoisotopic (exact) mass is 500 g/mol. The number of nitriles is 1. The third kappa shape index (κ3) is 4.75. The number of aliphatic imine (C=N–C) groups is 1. The molecule has 1 unspecified atom stereocenters. The van der Waals surface area contributed by atoms with Crippen molar-refractivity contribution in [3.8, 4) is 6.07 Å². The van der Waals surface area contributed by atoms with Crippen LogP contribution >= 0.6 is 11.6 Å². The molecule has 8 nitrogen and oxygen atoms in total. The Labute approximate surface area is 205 Å². The van der Waals surface area contributed by atoms with E-state index in [1.54, 1.807) is 32.1 Å². The molecule has 1 aliphatic carbocycles. The number of alkyl halides is 2. The van der Waals surface area contributed by atoms with E-state index in [-0.39, 0.29) is 30.0 Å². The number of rotatable bonds is 7. The SMILES string of the molecule is C=CN=C1C=C(Cl)C=C/C1=C\c1c(C)nc2c(C#N)c(C(F)F)nn2c1N1CC(OC(C)CO)C1. The molecular weight excluding hydrogens is 478 g/mol. The number of aliphatic hydroxyl groups excluding tert-OH is 1. The fourth-order valence-electron chi connectivity index (χ4n) is 3.98. The van der Waals surface area contributed by atoms with Gasteiger partial charge >= 0.3 is 0 Å². The molecule has 11 heteroatoms. The number of fused-ring (bicyclic) bond motifs is 1. The normalized spacial score (nSPS) is 19.4. The van der Waals surface area contributed by atoms with Crippen LogP contribution in [0.2, 0.25) is 0 Å². The zero-order chi connectivity index (χ0) is 25.3. The summed E-state index contributed by atoms with van der Waals surface area (Å²) in [7, 11) is 0. The van der Waals surface area contributed by atoms with Gasteiger partial charge in [0.2, 0.25) is 0 Å². The van der Waals surface area contributed by atoms with Crippen LogP contribution in [0.3, 0.4) is 0 Å². The molecule has 1 atom stereocenters. The summed E-state index contributed by atoms with van der Waals surface area (Å²) in [5.41, 5.74) is 1.63. The predicted octanol–water partition coefficient (Wildman–Crippen LogP) is 4.09. The van der Waals surface area contributed by atoms with E-state index in [2.05, 4.69) is 21.7 Å².